The number of benzene rings is 1. The Balaban J connectivity index is 1.65. The predicted molar refractivity (Wildman–Crippen MR) is 65.3 cm³/mol. The lowest BCUT2D eigenvalue weighted by molar-refractivity contribution is 0.169. The fraction of sp³-hybridized carbons (Fsp3) is 0.571. The van der Waals surface area contributed by atoms with Crippen molar-refractivity contribution in [2.75, 3.05) is 13.1 Å². The lowest BCUT2D eigenvalue weighted by atomic mass is 10.1. The van der Waals surface area contributed by atoms with Gasteiger partial charge >= 0.3 is 0 Å². The number of rotatable bonds is 5. The summed E-state index contributed by atoms with van der Waals surface area (Å²) in [6.45, 7) is 1.40. The maximum atomic E-state index is 14.0. The molecule has 0 aromatic heterocycles. The van der Waals surface area contributed by atoms with Crippen molar-refractivity contribution in [3.05, 3.63) is 35.9 Å². The first-order chi connectivity index (χ1) is 7.79. The van der Waals surface area contributed by atoms with E-state index < -0.39 is 5.67 Å². The van der Waals surface area contributed by atoms with Gasteiger partial charge in [-0.05, 0) is 31.4 Å². The second-order valence-electron chi connectivity index (χ2n) is 4.77. The standard InChI is InChI=1S/C14H20FN/c15-14(9-4-5-10-14)12-16-11-8-13-6-2-1-3-7-13/h1-3,6-7,16H,4-5,8-12H2. The quantitative estimate of drug-likeness (QED) is 0.753. The van der Waals surface area contributed by atoms with Crippen LogP contribution in [0, 0.1) is 0 Å². The molecule has 0 aliphatic heterocycles. The first-order valence-corrected chi connectivity index (χ1v) is 6.22. The van der Waals surface area contributed by atoms with Gasteiger partial charge in [0.05, 0.1) is 0 Å². The summed E-state index contributed by atoms with van der Waals surface area (Å²) >= 11 is 0. The molecule has 1 saturated carbocycles. The molecule has 1 aliphatic rings. The van der Waals surface area contributed by atoms with Crippen molar-refractivity contribution in [3.8, 4) is 0 Å². The molecule has 1 fully saturated rings. The minimum Gasteiger partial charge on any atom is -0.313 e. The van der Waals surface area contributed by atoms with Crippen molar-refractivity contribution in [2.45, 2.75) is 37.8 Å². The molecule has 88 valence electrons. The van der Waals surface area contributed by atoms with Gasteiger partial charge in [-0.25, -0.2) is 4.39 Å². The highest BCUT2D eigenvalue weighted by atomic mass is 19.1. The maximum absolute atomic E-state index is 14.0. The minimum atomic E-state index is -0.920. The van der Waals surface area contributed by atoms with Gasteiger partial charge < -0.3 is 5.32 Å². The number of hydrogen-bond acceptors (Lipinski definition) is 1. The van der Waals surface area contributed by atoms with E-state index in [1.165, 1.54) is 5.56 Å². The number of nitrogens with one attached hydrogen (secondary N) is 1. The third-order valence-corrected chi connectivity index (χ3v) is 3.37. The topological polar surface area (TPSA) is 12.0 Å². The summed E-state index contributed by atoms with van der Waals surface area (Å²) in [5, 5.41) is 3.24. The van der Waals surface area contributed by atoms with Crippen molar-refractivity contribution in [1.82, 2.24) is 5.32 Å². The Morgan fingerprint density at radius 1 is 1.12 bits per heavy atom. The molecule has 2 rings (SSSR count). The molecule has 0 bridgehead atoms. The average molecular weight is 221 g/mol. The third-order valence-electron chi connectivity index (χ3n) is 3.37. The zero-order chi connectivity index (χ0) is 11.3. The predicted octanol–water partition coefficient (Wildman–Crippen LogP) is 3.10. The average Bonchev–Trinajstić information content (AvgIpc) is 2.74. The molecule has 1 aromatic rings. The van der Waals surface area contributed by atoms with Crippen LogP contribution in [-0.4, -0.2) is 18.8 Å². The fourth-order valence-corrected chi connectivity index (χ4v) is 2.38. The molecular formula is C14H20FN. The van der Waals surface area contributed by atoms with E-state index in [2.05, 4.69) is 17.4 Å². The second-order valence-corrected chi connectivity index (χ2v) is 4.77. The van der Waals surface area contributed by atoms with E-state index >= 15 is 0 Å². The Morgan fingerprint density at radius 2 is 1.81 bits per heavy atom. The summed E-state index contributed by atoms with van der Waals surface area (Å²) in [6, 6.07) is 10.3. The van der Waals surface area contributed by atoms with E-state index in [4.69, 9.17) is 0 Å². The maximum Gasteiger partial charge on any atom is 0.123 e. The SMILES string of the molecule is FC1(CNCCc2ccccc2)CCCC1. The number of halogens is 1. The summed E-state index contributed by atoms with van der Waals surface area (Å²) in [7, 11) is 0. The largest absolute Gasteiger partial charge is 0.313 e. The van der Waals surface area contributed by atoms with E-state index in [0.29, 0.717) is 6.54 Å². The molecular weight excluding hydrogens is 201 g/mol. The smallest absolute Gasteiger partial charge is 0.123 e. The van der Waals surface area contributed by atoms with Gasteiger partial charge in [-0.1, -0.05) is 43.2 Å². The summed E-state index contributed by atoms with van der Waals surface area (Å²) in [5.74, 6) is 0. The summed E-state index contributed by atoms with van der Waals surface area (Å²) in [6.07, 6.45) is 4.57. The molecule has 1 aromatic carbocycles. The first-order valence-electron chi connectivity index (χ1n) is 6.22. The van der Waals surface area contributed by atoms with E-state index in [0.717, 1.165) is 38.6 Å². The van der Waals surface area contributed by atoms with Crippen LogP contribution in [0.1, 0.15) is 31.2 Å². The number of hydrogen-bond donors (Lipinski definition) is 1. The Morgan fingerprint density at radius 3 is 2.50 bits per heavy atom. The molecule has 0 amide bonds. The van der Waals surface area contributed by atoms with Crippen LogP contribution in [-0.2, 0) is 6.42 Å². The van der Waals surface area contributed by atoms with Gasteiger partial charge in [0.15, 0.2) is 0 Å². The number of alkyl halides is 1. The molecule has 0 saturated heterocycles. The van der Waals surface area contributed by atoms with Gasteiger partial charge in [0.2, 0.25) is 0 Å². The van der Waals surface area contributed by atoms with Gasteiger partial charge in [0, 0.05) is 6.54 Å². The summed E-state index contributed by atoms with van der Waals surface area (Å²) < 4.78 is 14.0. The monoisotopic (exact) mass is 221 g/mol. The van der Waals surface area contributed by atoms with Gasteiger partial charge in [0.1, 0.15) is 5.67 Å². The lowest BCUT2D eigenvalue weighted by Crippen LogP contribution is -2.35. The zero-order valence-corrected chi connectivity index (χ0v) is 9.71. The van der Waals surface area contributed by atoms with Crippen LogP contribution in [0.2, 0.25) is 0 Å². The van der Waals surface area contributed by atoms with Gasteiger partial charge in [-0.15, -0.1) is 0 Å². The highest BCUT2D eigenvalue weighted by molar-refractivity contribution is 5.14. The van der Waals surface area contributed by atoms with Crippen molar-refractivity contribution in [1.29, 1.82) is 0 Å². The Labute approximate surface area is 97.1 Å². The Kier molecular flexibility index (Phi) is 3.94. The Hall–Kier alpha value is -0.890. The van der Waals surface area contributed by atoms with Gasteiger partial charge in [0.25, 0.3) is 0 Å². The molecule has 16 heavy (non-hydrogen) atoms. The van der Waals surface area contributed by atoms with Gasteiger partial charge in [-0.3, -0.25) is 0 Å². The van der Waals surface area contributed by atoms with Crippen LogP contribution >= 0.6 is 0 Å². The molecule has 0 unspecified atom stereocenters. The molecule has 0 atom stereocenters. The van der Waals surface area contributed by atoms with Crippen molar-refractivity contribution < 1.29 is 4.39 Å². The van der Waals surface area contributed by atoms with Crippen LogP contribution in [0.4, 0.5) is 4.39 Å². The van der Waals surface area contributed by atoms with Crippen LogP contribution in [0.3, 0.4) is 0 Å². The minimum absolute atomic E-state index is 0.528. The van der Waals surface area contributed by atoms with Crippen LogP contribution < -0.4 is 5.32 Å². The van der Waals surface area contributed by atoms with Crippen molar-refractivity contribution >= 4 is 0 Å². The van der Waals surface area contributed by atoms with Crippen LogP contribution in [0.25, 0.3) is 0 Å². The van der Waals surface area contributed by atoms with Crippen molar-refractivity contribution in [2.24, 2.45) is 0 Å². The molecule has 1 N–H and O–H groups in total. The highest BCUT2D eigenvalue weighted by Crippen LogP contribution is 2.32. The van der Waals surface area contributed by atoms with E-state index in [1.54, 1.807) is 0 Å². The lowest BCUT2D eigenvalue weighted by Gasteiger charge is -2.19. The van der Waals surface area contributed by atoms with E-state index in [-0.39, 0.29) is 0 Å². The fourth-order valence-electron chi connectivity index (χ4n) is 2.38. The highest BCUT2D eigenvalue weighted by Gasteiger charge is 2.32. The zero-order valence-electron chi connectivity index (χ0n) is 9.71. The van der Waals surface area contributed by atoms with Crippen LogP contribution in [0.5, 0.6) is 0 Å². The summed E-state index contributed by atoms with van der Waals surface area (Å²) in [5.41, 5.74) is 0.394. The normalized spacial score (nSPS) is 18.8. The molecule has 2 heteroatoms. The van der Waals surface area contributed by atoms with Crippen LogP contribution in [0.15, 0.2) is 30.3 Å². The Bertz CT molecular complexity index is 304. The molecule has 1 aliphatic carbocycles. The molecule has 1 nitrogen and oxygen atoms in total. The van der Waals surface area contributed by atoms with Crippen molar-refractivity contribution in [3.63, 3.8) is 0 Å². The first kappa shape index (κ1) is 11.6. The van der Waals surface area contributed by atoms with Gasteiger partial charge in [-0.2, -0.15) is 0 Å². The second kappa shape index (κ2) is 5.44. The third kappa shape index (κ3) is 3.31. The molecule has 0 heterocycles. The molecule has 0 radical (unpaired) electrons. The van der Waals surface area contributed by atoms with E-state index in [9.17, 15) is 4.39 Å². The molecule has 0 spiro atoms. The summed E-state index contributed by atoms with van der Waals surface area (Å²) in [4.78, 5) is 0. The van der Waals surface area contributed by atoms with E-state index in [1.807, 2.05) is 18.2 Å².